The summed E-state index contributed by atoms with van der Waals surface area (Å²) in [7, 11) is 0. The number of thioether (sulfide) groups is 1. The van der Waals surface area contributed by atoms with E-state index in [9.17, 15) is 4.79 Å². The Morgan fingerprint density at radius 2 is 1.96 bits per heavy atom. The molecule has 5 nitrogen and oxygen atoms in total. The van der Waals surface area contributed by atoms with Crippen LogP contribution in [0.15, 0.2) is 35.5 Å². The lowest BCUT2D eigenvalue weighted by Gasteiger charge is -2.44. The van der Waals surface area contributed by atoms with E-state index in [1.165, 1.54) is 43.9 Å². The number of fused-ring (bicyclic) bond motifs is 1. The van der Waals surface area contributed by atoms with Gasteiger partial charge in [-0.2, -0.15) is 0 Å². The standard InChI is InChI=1S/C19H24N4OS/c24-17(23-12-6-10-14-7-4-5-11-16(14)23)13-25-19-20-18(21-22-19)15-8-2-1-3-9-15/h1-3,8-9,14,16H,4-7,10-13H2,(H,20,21,22)/t14-,16+/m0/s1. The molecule has 0 bridgehead atoms. The van der Waals surface area contributed by atoms with Gasteiger partial charge in [-0.05, 0) is 31.6 Å². The van der Waals surface area contributed by atoms with Crippen molar-refractivity contribution in [3.63, 3.8) is 0 Å². The number of nitrogens with zero attached hydrogens (tertiary/aromatic N) is 3. The zero-order valence-corrected chi connectivity index (χ0v) is 15.2. The molecule has 2 atom stereocenters. The van der Waals surface area contributed by atoms with Crippen molar-refractivity contribution in [2.45, 2.75) is 49.7 Å². The quantitative estimate of drug-likeness (QED) is 0.848. The van der Waals surface area contributed by atoms with Gasteiger partial charge in [0, 0.05) is 18.2 Å². The first kappa shape index (κ1) is 16.6. The fourth-order valence-corrected chi connectivity index (χ4v) is 4.86. The Balaban J connectivity index is 1.36. The topological polar surface area (TPSA) is 61.9 Å². The number of benzene rings is 1. The maximum Gasteiger partial charge on any atom is 0.233 e. The minimum Gasteiger partial charge on any atom is -0.339 e. The van der Waals surface area contributed by atoms with Crippen molar-refractivity contribution in [2.75, 3.05) is 12.3 Å². The molecular formula is C19H24N4OS. The number of aromatic amines is 1. The number of hydrogen-bond acceptors (Lipinski definition) is 4. The first-order valence-electron chi connectivity index (χ1n) is 9.21. The number of aromatic nitrogens is 3. The molecule has 1 aromatic heterocycles. The third-order valence-corrected chi connectivity index (χ3v) is 6.23. The summed E-state index contributed by atoms with van der Waals surface area (Å²) in [5.74, 6) is 2.15. The second kappa shape index (κ2) is 7.60. The van der Waals surface area contributed by atoms with Crippen LogP contribution in [-0.2, 0) is 4.79 Å². The van der Waals surface area contributed by atoms with Crippen molar-refractivity contribution in [1.29, 1.82) is 0 Å². The van der Waals surface area contributed by atoms with E-state index in [0.29, 0.717) is 17.0 Å². The van der Waals surface area contributed by atoms with Gasteiger partial charge in [-0.15, -0.1) is 5.10 Å². The van der Waals surface area contributed by atoms with Crippen LogP contribution >= 0.6 is 11.8 Å². The second-order valence-electron chi connectivity index (χ2n) is 6.96. The highest BCUT2D eigenvalue weighted by atomic mass is 32.2. The molecule has 1 saturated heterocycles. The third kappa shape index (κ3) is 3.73. The van der Waals surface area contributed by atoms with Crippen LogP contribution < -0.4 is 0 Å². The van der Waals surface area contributed by atoms with Crippen molar-refractivity contribution in [2.24, 2.45) is 5.92 Å². The van der Waals surface area contributed by atoms with Gasteiger partial charge >= 0.3 is 0 Å². The van der Waals surface area contributed by atoms with Crippen LogP contribution in [0.3, 0.4) is 0 Å². The van der Waals surface area contributed by atoms with Crippen LogP contribution in [0, 0.1) is 5.92 Å². The number of piperidine rings is 1. The largest absolute Gasteiger partial charge is 0.339 e. The Kier molecular flexibility index (Phi) is 5.06. The Morgan fingerprint density at radius 1 is 1.16 bits per heavy atom. The number of rotatable bonds is 4. The van der Waals surface area contributed by atoms with Crippen molar-refractivity contribution >= 4 is 17.7 Å². The zero-order valence-electron chi connectivity index (χ0n) is 14.4. The predicted octanol–water partition coefficient (Wildman–Crippen LogP) is 3.75. The average Bonchev–Trinajstić information content (AvgIpc) is 3.15. The van der Waals surface area contributed by atoms with E-state index in [1.807, 2.05) is 30.3 Å². The fourth-order valence-electron chi connectivity index (χ4n) is 4.18. The number of amides is 1. The van der Waals surface area contributed by atoms with E-state index in [-0.39, 0.29) is 5.91 Å². The van der Waals surface area contributed by atoms with Gasteiger partial charge in [0.2, 0.25) is 11.1 Å². The first-order chi connectivity index (χ1) is 12.3. The second-order valence-corrected chi connectivity index (χ2v) is 7.91. The van der Waals surface area contributed by atoms with Crippen LogP contribution in [-0.4, -0.2) is 44.3 Å². The van der Waals surface area contributed by atoms with Crippen molar-refractivity contribution < 1.29 is 4.79 Å². The van der Waals surface area contributed by atoms with Crippen LogP contribution in [0.5, 0.6) is 0 Å². The Hall–Kier alpha value is -1.82. The van der Waals surface area contributed by atoms with Crippen LogP contribution in [0.4, 0.5) is 0 Å². The molecule has 132 valence electrons. The Bertz CT molecular complexity index is 715. The average molecular weight is 356 g/mol. The highest BCUT2D eigenvalue weighted by Crippen LogP contribution is 2.35. The molecule has 1 N–H and O–H groups in total. The summed E-state index contributed by atoms with van der Waals surface area (Å²) in [6.07, 6.45) is 7.51. The number of nitrogens with one attached hydrogen (secondary N) is 1. The van der Waals surface area contributed by atoms with Crippen LogP contribution in [0.1, 0.15) is 38.5 Å². The zero-order chi connectivity index (χ0) is 17.1. The van der Waals surface area contributed by atoms with Gasteiger partial charge in [-0.3, -0.25) is 9.89 Å². The maximum absolute atomic E-state index is 12.7. The lowest BCUT2D eigenvalue weighted by molar-refractivity contribution is -0.134. The molecule has 1 aliphatic heterocycles. The first-order valence-corrected chi connectivity index (χ1v) is 10.2. The summed E-state index contributed by atoms with van der Waals surface area (Å²) in [5.41, 5.74) is 1.01. The molecule has 0 radical (unpaired) electrons. The van der Waals surface area contributed by atoms with Crippen molar-refractivity contribution in [3.05, 3.63) is 30.3 Å². The summed E-state index contributed by atoms with van der Waals surface area (Å²) in [4.78, 5) is 19.4. The molecule has 2 aliphatic rings. The summed E-state index contributed by atoms with van der Waals surface area (Å²) in [6, 6.07) is 10.4. The molecule has 1 saturated carbocycles. The maximum atomic E-state index is 12.7. The Morgan fingerprint density at radius 3 is 2.84 bits per heavy atom. The van der Waals surface area contributed by atoms with Crippen LogP contribution in [0.25, 0.3) is 11.4 Å². The molecule has 25 heavy (non-hydrogen) atoms. The minimum atomic E-state index is 0.243. The monoisotopic (exact) mass is 356 g/mol. The van der Waals surface area contributed by atoms with E-state index < -0.39 is 0 Å². The van der Waals surface area contributed by atoms with E-state index in [2.05, 4.69) is 20.1 Å². The summed E-state index contributed by atoms with van der Waals surface area (Å²) >= 11 is 1.43. The fraction of sp³-hybridized carbons (Fsp3) is 0.526. The smallest absolute Gasteiger partial charge is 0.233 e. The molecule has 1 aromatic carbocycles. The van der Waals surface area contributed by atoms with Gasteiger partial charge in [-0.25, -0.2) is 4.98 Å². The van der Waals surface area contributed by atoms with E-state index in [1.54, 1.807) is 0 Å². The van der Waals surface area contributed by atoms with E-state index in [0.717, 1.165) is 30.3 Å². The number of likely N-dealkylation sites (tertiary alicyclic amines) is 1. The highest BCUT2D eigenvalue weighted by molar-refractivity contribution is 7.99. The van der Waals surface area contributed by atoms with Gasteiger partial charge in [0.15, 0.2) is 5.82 Å². The number of hydrogen-bond donors (Lipinski definition) is 1. The molecule has 4 rings (SSSR count). The SMILES string of the molecule is O=C(CSc1n[nH]c(-c2ccccc2)n1)N1CCC[C@@H]2CCCC[C@H]21. The van der Waals surface area contributed by atoms with Gasteiger partial charge in [0.05, 0.1) is 5.75 Å². The normalized spacial score (nSPS) is 23.3. The third-order valence-electron chi connectivity index (χ3n) is 5.40. The number of carbonyl (C=O) groups excluding carboxylic acids is 1. The van der Waals surface area contributed by atoms with Crippen LogP contribution in [0.2, 0.25) is 0 Å². The highest BCUT2D eigenvalue weighted by Gasteiger charge is 2.35. The van der Waals surface area contributed by atoms with Gasteiger partial charge < -0.3 is 4.90 Å². The van der Waals surface area contributed by atoms with Crippen molar-refractivity contribution in [1.82, 2.24) is 20.1 Å². The predicted molar refractivity (Wildman–Crippen MR) is 99.2 cm³/mol. The van der Waals surface area contributed by atoms with E-state index in [4.69, 9.17) is 0 Å². The van der Waals surface area contributed by atoms with Gasteiger partial charge in [0.1, 0.15) is 0 Å². The summed E-state index contributed by atoms with van der Waals surface area (Å²) in [5, 5.41) is 7.85. The molecule has 6 heteroatoms. The van der Waals surface area contributed by atoms with Crippen molar-refractivity contribution in [3.8, 4) is 11.4 Å². The molecule has 2 heterocycles. The molecule has 0 unspecified atom stereocenters. The van der Waals surface area contributed by atoms with E-state index >= 15 is 0 Å². The lowest BCUT2D eigenvalue weighted by Crippen LogP contribution is -2.50. The molecular weight excluding hydrogens is 332 g/mol. The summed E-state index contributed by atoms with van der Waals surface area (Å²) < 4.78 is 0. The molecule has 1 amide bonds. The summed E-state index contributed by atoms with van der Waals surface area (Å²) in [6.45, 7) is 0.920. The molecule has 2 fully saturated rings. The van der Waals surface area contributed by atoms with Gasteiger partial charge in [0.25, 0.3) is 0 Å². The Labute approximate surface area is 152 Å². The molecule has 1 aliphatic carbocycles. The molecule has 2 aromatic rings. The number of H-pyrrole nitrogens is 1. The lowest BCUT2D eigenvalue weighted by atomic mass is 9.78. The minimum absolute atomic E-state index is 0.243. The molecule has 0 spiro atoms. The number of carbonyl (C=O) groups is 1. The van der Waals surface area contributed by atoms with Gasteiger partial charge in [-0.1, -0.05) is 54.9 Å².